The second-order valence-corrected chi connectivity index (χ2v) is 8.99. The molecule has 3 heterocycles. The second-order valence-electron chi connectivity index (χ2n) is 8.99. The number of anilines is 1. The predicted molar refractivity (Wildman–Crippen MR) is 133 cm³/mol. The summed E-state index contributed by atoms with van der Waals surface area (Å²) < 4.78 is 45.2. The van der Waals surface area contributed by atoms with Gasteiger partial charge in [0.2, 0.25) is 0 Å². The van der Waals surface area contributed by atoms with E-state index in [1.54, 1.807) is 24.4 Å². The molecule has 0 fully saturated rings. The molecule has 0 spiro atoms. The summed E-state index contributed by atoms with van der Waals surface area (Å²) in [5.74, 6) is 0. The van der Waals surface area contributed by atoms with Crippen LogP contribution in [0.2, 0.25) is 0 Å². The Morgan fingerprint density at radius 3 is 2.26 bits per heavy atom. The molecule has 0 saturated carbocycles. The van der Waals surface area contributed by atoms with Crippen molar-refractivity contribution in [2.45, 2.75) is 6.18 Å². The first-order valence-electron chi connectivity index (χ1n) is 11.0. The Labute approximate surface area is 192 Å². The first-order chi connectivity index (χ1) is 16.4. The first kappa shape index (κ1) is 19.4. The van der Waals surface area contributed by atoms with E-state index in [0.29, 0.717) is 16.3 Å². The number of alkyl halides is 3. The van der Waals surface area contributed by atoms with Gasteiger partial charge in [-0.3, -0.25) is 4.98 Å². The van der Waals surface area contributed by atoms with Crippen LogP contribution < -0.4 is 4.90 Å². The van der Waals surface area contributed by atoms with Crippen molar-refractivity contribution >= 4 is 65.5 Å². The number of pyridine rings is 2. The normalized spacial score (nSPS) is 12.9. The zero-order chi connectivity index (χ0) is 23.4. The lowest BCUT2D eigenvalue weighted by atomic mass is 9.96. The summed E-state index contributed by atoms with van der Waals surface area (Å²) in [4.78, 5) is 6.76. The fraction of sp³-hybridized carbons (Fsp3) is 0.107. The smallest absolute Gasteiger partial charge is 0.375 e. The van der Waals surface area contributed by atoms with Crippen molar-refractivity contribution in [1.82, 2.24) is 9.38 Å². The minimum atomic E-state index is -4.49. The Bertz CT molecular complexity index is 1930. The molecule has 7 aromatic rings. The lowest BCUT2D eigenvalue weighted by molar-refractivity contribution is -0.136. The largest absolute Gasteiger partial charge is 0.417 e. The molecule has 4 aromatic carbocycles. The molecule has 34 heavy (non-hydrogen) atoms. The summed E-state index contributed by atoms with van der Waals surface area (Å²) in [6.45, 7) is 0. The van der Waals surface area contributed by atoms with Gasteiger partial charge in [-0.25, -0.2) is 0 Å². The van der Waals surface area contributed by atoms with E-state index in [-0.39, 0.29) is 5.39 Å². The van der Waals surface area contributed by atoms with Crippen LogP contribution in [0.15, 0.2) is 72.9 Å². The number of halogens is 3. The van der Waals surface area contributed by atoms with Crippen LogP contribution in [0.4, 0.5) is 18.9 Å². The average molecular weight is 453 g/mol. The zero-order valence-electron chi connectivity index (χ0n) is 18.4. The van der Waals surface area contributed by atoms with Crippen molar-refractivity contribution < 1.29 is 13.2 Å². The molecule has 0 aliphatic heterocycles. The van der Waals surface area contributed by atoms with E-state index in [0.717, 1.165) is 43.8 Å². The number of hydrogen-bond donors (Lipinski definition) is 0. The van der Waals surface area contributed by atoms with Crippen molar-refractivity contribution in [1.29, 1.82) is 0 Å². The van der Waals surface area contributed by atoms with E-state index in [1.807, 2.05) is 47.7 Å². The van der Waals surface area contributed by atoms with Crippen LogP contribution in [0.25, 0.3) is 59.8 Å². The Kier molecular flexibility index (Phi) is 3.59. The topological polar surface area (TPSA) is 20.5 Å². The molecule has 0 saturated heterocycles. The van der Waals surface area contributed by atoms with Gasteiger partial charge in [-0.05, 0) is 35.0 Å². The average Bonchev–Trinajstić information content (AvgIpc) is 3.16. The molecule has 166 valence electrons. The van der Waals surface area contributed by atoms with Crippen LogP contribution in [-0.4, -0.2) is 23.5 Å². The number of aromatic nitrogens is 2. The molecule has 3 nitrogen and oxygen atoms in total. The summed E-state index contributed by atoms with van der Waals surface area (Å²) in [5, 5.41) is 5.14. The number of para-hydroxylation sites is 1. The molecule has 0 amide bonds. The Morgan fingerprint density at radius 2 is 1.50 bits per heavy atom. The summed E-state index contributed by atoms with van der Waals surface area (Å²) in [6.07, 6.45) is -2.88. The standard InChI is InChI=1S/C28H18F3N3/c1-33(2)25-17-8-4-3-7-15(17)13-19-24-22-16(11-12-32-24)14-20(28(29,30)31)23-18-9-5-6-10-21(18)34(26(19)25)27(22)23/h3-14H,1-2H3. The second kappa shape index (κ2) is 6.29. The molecule has 0 atom stereocenters. The number of rotatable bonds is 1. The van der Waals surface area contributed by atoms with Crippen LogP contribution >= 0.6 is 0 Å². The molecule has 6 heteroatoms. The Hall–Kier alpha value is -4.06. The maximum Gasteiger partial charge on any atom is 0.417 e. The van der Waals surface area contributed by atoms with Gasteiger partial charge in [-0.15, -0.1) is 0 Å². The van der Waals surface area contributed by atoms with E-state index in [1.165, 1.54) is 6.07 Å². The quantitative estimate of drug-likeness (QED) is 0.188. The highest BCUT2D eigenvalue weighted by molar-refractivity contribution is 6.31. The van der Waals surface area contributed by atoms with E-state index in [9.17, 15) is 13.2 Å². The van der Waals surface area contributed by atoms with Crippen molar-refractivity contribution in [3.63, 3.8) is 0 Å². The van der Waals surface area contributed by atoms with Gasteiger partial charge in [-0.2, -0.15) is 13.2 Å². The number of benzene rings is 4. The van der Waals surface area contributed by atoms with Gasteiger partial charge in [0.15, 0.2) is 0 Å². The van der Waals surface area contributed by atoms with Gasteiger partial charge in [0.05, 0.1) is 33.3 Å². The molecule has 0 aliphatic rings. The van der Waals surface area contributed by atoms with Gasteiger partial charge >= 0.3 is 6.18 Å². The molecule has 0 unspecified atom stereocenters. The highest BCUT2D eigenvalue weighted by atomic mass is 19.4. The molecule has 0 N–H and O–H groups in total. The zero-order valence-corrected chi connectivity index (χ0v) is 18.4. The van der Waals surface area contributed by atoms with Gasteiger partial charge in [0.1, 0.15) is 0 Å². The van der Waals surface area contributed by atoms with Crippen molar-refractivity contribution in [3.05, 3.63) is 78.5 Å². The van der Waals surface area contributed by atoms with Crippen molar-refractivity contribution in [2.75, 3.05) is 19.0 Å². The first-order valence-corrected chi connectivity index (χ1v) is 11.0. The molecule has 3 aromatic heterocycles. The Balaban J connectivity index is 1.95. The lowest BCUT2D eigenvalue weighted by Crippen LogP contribution is -2.12. The number of hydrogen-bond acceptors (Lipinski definition) is 2. The van der Waals surface area contributed by atoms with Crippen molar-refractivity contribution in [2.24, 2.45) is 0 Å². The molecule has 0 aliphatic carbocycles. The molecule has 0 radical (unpaired) electrons. The van der Waals surface area contributed by atoms with Crippen LogP contribution in [0.5, 0.6) is 0 Å². The summed E-state index contributed by atoms with van der Waals surface area (Å²) in [5.41, 5.74) is 3.25. The highest BCUT2D eigenvalue weighted by Crippen LogP contribution is 2.48. The summed E-state index contributed by atoms with van der Waals surface area (Å²) in [6, 6.07) is 20.5. The predicted octanol–water partition coefficient (Wildman–Crippen LogP) is 7.62. The van der Waals surface area contributed by atoms with Crippen LogP contribution in [0.3, 0.4) is 0 Å². The monoisotopic (exact) mass is 453 g/mol. The van der Waals surface area contributed by atoms with E-state index in [4.69, 9.17) is 4.98 Å². The van der Waals surface area contributed by atoms with E-state index < -0.39 is 11.7 Å². The van der Waals surface area contributed by atoms with Gasteiger partial charge in [-0.1, -0.05) is 42.5 Å². The Morgan fingerprint density at radius 1 is 0.765 bits per heavy atom. The van der Waals surface area contributed by atoms with E-state index >= 15 is 0 Å². The third kappa shape index (κ3) is 2.30. The van der Waals surface area contributed by atoms with Gasteiger partial charge in [0, 0.05) is 47.2 Å². The minimum absolute atomic E-state index is 0.230. The van der Waals surface area contributed by atoms with E-state index in [2.05, 4.69) is 18.2 Å². The summed E-state index contributed by atoms with van der Waals surface area (Å²) in [7, 11) is 3.95. The molecular weight excluding hydrogens is 435 g/mol. The maximum atomic E-state index is 14.4. The highest BCUT2D eigenvalue weighted by Gasteiger charge is 2.36. The minimum Gasteiger partial charge on any atom is -0.375 e. The molecule has 7 rings (SSSR count). The fourth-order valence-electron chi connectivity index (χ4n) is 5.66. The number of fused-ring (bicyclic) bond motifs is 7. The maximum absolute atomic E-state index is 14.4. The molecule has 0 bridgehead atoms. The lowest BCUT2D eigenvalue weighted by Gasteiger charge is -2.22. The van der Waals surface area contributed by atoms with Crippen LogP contribution in [0, 0.1) is 0 Å². The third-order valence-corrected chi connectivity index (χ3v) is 6.89. The molecular formula is C28H18F3N3. The SMILES string of the molecule is CN(C)c1c2ccccc2cc2c3nccc4cc(C(F)(F)F)c5c6ccccc6n(c12)c5c43. The van der Waals surface area contributed by atoms with Gasteiger partial charge in [0.25, 0.3) is 0 Å². The van der Waals surface area contributed by atoms with Crippen LogP contribution in [0.1, 0.15) is 5.56 Å². The van der Waals surface area contributed by atoms with Gasteiger partial charge < -0.3 is 9.30 Å². The third-order valence-electron chi connectivity index (χ3n) is 6.89. The number of nitrogens with zero attached hydrogens (tertiary/aromatic N) is 3. The van der Waals surface area contributed by atoms with Crippen LogP contribution in [-0.2, 0) is 6.18 Å². The van der Waals surface area contributed by atoms with Crippen molar-refractivity contribution in [3.8, 4) is 0 Å². The fourth-order valence-corrected chi connectivity index (χ4v) is 5.66. The summed E-state index contributed by atoms with van der Waals surface area (Å²) >= 11 is 0.